The zero-order valence-corrected chi connectivity index (χ0v) is 22.7. The maximum Gasteiger partial charge on any atom is 0.416 e. The van der Waals surface area contributed by atoms with E-state index in [2.05, 4.69) is 27.7 Å². The smallest absolute Gasteiger partial charge is 0.416 e. The van der Waals surface area contributed by atoms with Crippen LogP contribution in [-0.4, -0.2) is 55.4 Å². The van der Waals surface area contributed by atoms with E-state index < -0.39 is 17.8 Å². The first-order valence-corrected chi connectivity index (χ1v) is 13.6. The molecule has 3 aromatic rings. The minimum atomic E-state index is -4.43. The summed E-state index contributed by atoms with van der Waals surface area (Å²) < 4.78 is 44.9. The molecular weight excluding hydrogens is 527 g/mol. The fraction of sp³-hybridized carbons (Fsp3) is 0.400. The molecule has 9 heteroatoms. The second-order valence-electron chi connectivity index (χ2n) is 9.95. The lowest BCUT2D eigenvalue weighted by molar-refractivity contribution is -0.137. The zero-order valence-electron chi connectivity index (χ0n) is 21.9. The predicted octanol–water partition coefficient (Wildman–Crippen LogP) is 5.64. The molecule has 1 fully saturated rings. The fourth-order valence-electron chi connectivity index (χ4n) is 4.81. The standard InChI is InChI=1S/C30H35ClF3N3O2/c1-21(36-20-29(38)24-3-2-4-25(18-24)30(32,33)34)17-22-5-11-27(12-6-22)39-16-15-37-14-13-35-19-28(37)23-7-9-26(31)10-8-23/h2-12,18,21,28-29,35-36,38H,13-17,19-20H2,1H3. The average Bonchev–Trinajstić information content (AvgIpc) is 2.93. The maximum absolute atomic E-state index is 12.9. The number of alkyl halides is 3. The van der Waals surface area contributed by atoms with Crippen molar-refractivity contribution in [1.82, 2.24) is 15.5 Å². The van der Waals surface area contributed by atoms with Crippen LogP contribution in [0, 0.1) is 0 Å². The van der Waals surface area contributed by atoms with E-state index in [0.717, 1.165) is 54.6 Å². The van der Waals surface area contributed by atoms with Crippen molar-refractivity contribution in [3.8, 4) is 5.75 Å². The second-order valence-corrected chi connectivity index (χ2v) is 10.4. The highest BCUT2D eigenvalue weighted by atomic mass is 35.5. The molecule has 0 aromatic heterocycles. The molecule has 1 saturated heterocycles. The van der Waals surface area contributed by atoms with E-state index in [1.54, 1.807) is 0 Å². The summed E-state index contributed by atoms with van der Waals surface area (Å²) in [6.45, 7) is 6.31. The Bertz CT molecular complexity index is 1180. The van der Waals surface area contributed by atoms with Gasteiger partial charge in [0.2, 0.25) is 0 Å². The van der Waals surface area contributed by atoms with Gasteiger partial charge in [-0.2, -0.15) is 13.2 Å². The number of hydrogen-bond acceptors (Lipinski definition) is 5. The topological polar surface area (TPSA) is 56.8 Å². The van der Waals surface area contributed by atoms with Gasteiger partial charge in [-0.25, -0.2) is 0 Å². The summed E-state index contributed by atoms with van der Waals surface area (Å²) in [5.74, 6) is 0.803. The number of piperazine rings is 1. The molecule has 0 aliphatic carbocycles. The Labute approximate surface area is 232 Å². The predicted molar refractivity (Wildman–Crippen MR) is 148 cm³/mol. The Balaban J connectivity index is 1.21. The van der Waals surface area contributed by atoms with Crippen molar-refractivity contribution < 1.29 is 23.0 Å². The number of nitrogens with zero attached hydrogens (tertiary/aromatic N) is 1. The molecule has 0 radical (unpaired) electrons. The van der Waals surface area contributed by atoms with E-state index in [0.29, 0.717) is 13.0 Å². The third-order valence-electron chi connectivity index (χ3n) is 6.98. The monoisotopic (exact) mass is 561 g/mol. The van der Waals surface area contributed by atoms with Crippen LogP contribution in [0.3, 0.4) is 0 Å². The molecule has 39 heavy (non-hydrogen) atoms. The van der Waals surface area contributed by atoms with Crippen molar-refractivity contribution >= 4 is 11.6 Å². The number of rotatable bonds is 11. The van der Waals surface area contributed by atoms with Gasteiger partial charge in [-0.05, 0) is 66.4 Å². The highest BCUT2D eigenvalue weighted by Crippen LogP contribution is 2.30. The van der Waals surface area contributed by atoms with Gasteiger partial charge in [0.25, 0.3) is 0 Å². The van der Waals surface area contributed by atoms with E-state index >= 15 is 0 Å². The third-order valence-corrected chi connectivity index (χ3v) is 7.23. The Kier molecular flexibility index (Phi) is 10.3. The summed E-state index contributed by atoms with van der Waals surface area (Å²) in [5, 5.41) is 17.8. The number of hydrogen-bond donors (Lipinski definition) is 3. The van der Waals surface area contributed by atoms with Gasteiger partial charge in [0.05, 0.1) is 11.7 Å². The van der Waals surface area contributed by atoms with Crippen molar-refractivity contribution in [3.63, 3.8) is 0 Å². The molecule has 1 aliphatic heterocycles. The van der Waals surface area contributed by atoms with Gasteiger partial charge in [-0.15, -0.1) is 0 Å². The minimum absolute atomic E-state index is 0.0229. The normalized spacial score (nSPS) is 18.1. The van der Waals surface area contributed by atoms with Crippen molar-refractivity contribution in [2.45, 2.75) is 37.7 Å². The quantitative estimate of drug-likeness (QED) is 0.283. The molecule has 3 atom stereocenters. The van der Waals surface area contributed by atoms with Gasteiger partial charge in [0.15, 0.2) is 0 Å². The molecule has 0 saturated carbocycles. The number of aliphatic hydroxyl groups excluding tert-OH is 1. The van der Waals surface area contributed by atoms with Crippen LogP contribution >= 0.6 is 11.6 Å². The first-order chi connectivity index (χ1) is 18.7. The molecule has 3 unspecified atom stereocenters. The summed E-state index contributed by atoms with van der Waals surface area (Å²) in [7, 11) is 0. The SMILES string of the molecule is CC(Cc1ccc(OCCN2CCNCC2c2ccc(Cl)cc2)cc1)NCC(O)c1cccc(C(F)(F)F)c1. The first kappa shape index (κ1) is 29.4. The van der Waals surface area contributed by atoms with Crippen molar-refractivity contribution in [3.05, 3.63) is 100 Å². The summed E-state index contributed by atoms with van der Waals surface area (Å²) in [6.07, 6.45) is -4.75. The minimum Gasteiger partial charge on any atom is -0.492 e. The third kappa shape index (κ3) is 8.68. The second kappa shape index (κ2) is 13.6. The summed E-state index contributed by atoms with van der Waals surface area (Å²) in [5.41, 5.74) is 1.82. The largest absolute Gasteiger partial charge is 0.492 e. The maximum atomic E-state index is 12.9. The molecule has 210 valence electrons. The average molecular weight is 562 g/mol. The van der Waals surface area contributed by atoms with Crippen LogP contribution in [0.25, 0.3) is 0 Å². The van der Waals surface area contributed by atoms with Gasteiger partial charge in [-0.1, -0.05) is 48.0 Å². The molecular formula is C30H35ClF3N3O2. The van der Waals surface area contributed by atoms with Crippen LogP contribution < -0.4 is 15.4 Å². The highest BCUT2D eigenvalue weighted by molar-refractivity contribution is 6.30. The fourth-order valence-corrected chi connectivity index (χ4v) is 4.93. The van der Waals surface area contributed by atoms with Gasteiger partial charge < -0.3 is 20.5 Å². The molecule has 0 spiro atoms. The molecule has 1 heterocycles. The van der Waals surface area contributed by atoms with E-state index in [9.17, 15) is 18.3 Å². The van der Waals surface area contributed by atoms with Crippen molar-refractivity contribution in [2.75, 3.05) is 39.3 Å². The summed E-state index contributed by atoms with van der Waals surface area (Å²) >= 11 is 6.05. The molecule has 4 rings (SSSR count). The lowest BCUT2D eigenvalue weighted by Gasteiger charge is -2.36. The molecule has 0 amide bonds. The van der Waals surface area contributed by atoms with Crippen LogP contribution in [0.4, 0.5) is 13.2 Å². The number of aliphatic hydroxyl groups is 1. The van der Waals surface area contributed by atoms with Gasteiger partial charge >= 0.3 is 6.18 Å². The van der Waals surface area contributed by atoms with Gasteiger partial charge in [0, 0.05) is 49.8 Å². The lowest BCUT2D eigenvalue weighted by Crippen LogP contribution is -2.47. The van der Waals surface area contributed by atoms with Crippen LogP contribution in [0.1, 0.15) is 41.3 Å². The van der Waals surface area contributed by atoms with E-state index in [4.69, 9.17) is 16.3 Å². The Morgan fingerprint density at radius 3 is 2.56 bits per heavy atom. The molecule has 3 aromatic carbocycles. The molecule has 1 aliphatic rings. The highest BCUT2D eigenvalue weighted by Gasteiger charge is 2.31. The number of halogens is 4. The van der Waals surface area contributed by atoms with Crippen LogP contribution in [0.15, 0.2) is 72.8 Å². The van der Waals surface area contributed by atoms with Crippen LogP contribution in [-0.2, 0) is 12.6 Å². The van der Waals surface area contributed by atoms with Crippen molar-refractivity contribution in [1.29, 1.82) is 0 Å². The first-order valence-electron chi connectivity index (χ1n) is 13.2. The van der Waals surface area contributed by atoms with E-state index in [-0.39, 0.29) is 24.2 Å². The lowest BCUT2D eigenvalue weighted by atomic mass is 10.0. The van der Waals surface area contributed by atoms with E-state index in [1.807, 2.05) is 43.3 Å². The Hall–Kier alpha value is -2.62. The van der Waals surface area contributed by atoms with Gasteiger partial charge in [-0.3, -0.25) is 4.90 Å². The van der Waals surface area contributed by atoms with E-state index in [1.165, 1.54) is 17.7 Å². The Morgan fingerprint density at radius 2 is 1.85 bits per heavy atom. The molecule has 0 bridgehead atoms. The number of ether oxygens (including phenoxy) is 1. The number of benzene rings is 3. The van der Waals surface area contributed by atoms with Gasteiger partial charge in [0.1, 0.15) is 12.4 Å². The Morgan fingerprint density at radius 1 is 1.10 bits per heavy atom. The molecule has 3 N–H and O–H groups in total. The number of nitrogens with one attached hydrogen (secondary N) is 2. The summed E-state index contributed by atoms with van der Waals surface area (Å²) in [4.78, 5) is 2.43. The van der Waals surface area contributed by atoms with Crippen molar-refractivity contribution in [2.24, 2.45) is 0 Å². The van der Waals surface area contributed by atoms with Crippen LogP contribution in [0.2, 0.25) is 5.02 Å². The summed E-state index contributed by atoms with van der Waals surface area (Å²) in [6, 6.07) is 21.1. The molecule has 5 nitrogen and oxygen atoms in total. The van der Waals surface area contributed by atoms with Crippen LogP contribution in [0.5, 0.6) is 5.75 Å². The zero-order chi connectivity index (χ0) is 27.8.